The first-order chi connectivity index (χ1) is 12.1. The first kappa shape index (κ1) is 15.7. The van der Waals surface area contributed by atoms with Gasteiger partial charge in [-0.15, -0.1) is 0 Å². The number of amides is 1. The van der Waals surface area contributed by atoms with Gasteiger partial charge in [-0.1, -0.05) is 23.5 Å². The molecule has 0 fully saturated rings. The van der Waals surface area contributed by atoms with Gasteiger partial charge in [0.1, 0.15) is 11.3 Å². The number of hydrogen-bond donors (Lipinski definition) is 1. The zero-order chi connectivity index (χ0) is 17.6. The van der Waals surface area contributed by atoms with Crippen molar-refractivity contribution in [1.29, 1.82) is 0 Å². The first-order valence-electron chi connectivity index (χ1n) is 7.81. The minimum Gasteiger partial charge on any atom is -0.497 e. The number of para-hydroxylation sites is 1. The Kier molecular flexibility index (Phi) is 3.69. The second-order valence-electron chi connectivity index (χ2n) is 5.81. The molecule has 1 amide bonds. The highest BCUT2D eigenvalue weighted by molar-refractivity contribution is 7.22. The summed E-state index contributed by atoms with van der Waals surface area (Å²) >= 11 is 1.45. The zero-order valence-corrected chi connectivity index (χ0v) is 14.9. The number of benzene rings is 2. The van der Waals surface area contributed by atoms with E-state index in [0.29, 0.717) is 16.5 Å². The van der Waals surface area contributed by atoms with Gasteiger partial charge in [-0.2, -0.15) is 0 Å². The van der Waals surface area contributed by atoms with Crippen molar-refractivity contribution in [3.05, 3.63) is 53.3 Å². The van der Waals surface area contributed by atoms with Crippen molar-refractivity contribution in [1.82, 2.24) is 4.98 Å². The highest BCUT2D eigenvalue weighted by Gasteiger charge is 2.19. The highest BCUT2D eigenvalue weighted by Crippen LogP contribution is 2.31. The maximum Gasteiger partial charge on any atom is 0.293 e. The zero-order valence-electron chi connectivity index (χ0n) is 14.0. The van der Waals surface area contributed by atoms with Crippen molar-refractivity contribution in [2.45, 2.75) is 13.8 Å². The molecule has 0 aliphatic heterocycles. The lowest BCUT2D eigenvalue weighted by Crippen LogP contribution is -2.11. The molecule has 4 rings (SSSR count). The Bertz CT molecular complexity index is 1110. The van der Waals surface area contributed by atoms with E-state index in [0.717, 1.165) is 32.5 Å². The van der Waals surface area contributed by atoms with Gasteiger partial charge in [0.2, 0.25) is 0 Å². The molecular formula is C19H16N2O3S. The molecule has 0 atom stereocenters. The number of aryl methyl sites for hydroxylation is 2. The van der Waals surface area contributed by atoms with Gasteiger partial charge in [-0.3, -0.25) is 10.1 Å². The van der Waals surface area contributed by atoms with E-state index < -0.39 is 0 Å². The number of nitrogens with zero attached hydrogens (tertiary/aromatic N) is 1. The number of methoxy groups -OCH3 is 1. The lowest BCUT2D eigenvalue weighted by atomic mass is 10.1. The van der Waals surface area contributed by atoms with Crippen LogP contribution in [0.25, 0.3) is 21.2 Å². The topological polar surface area (TPSA) is 64.4 Å². The van der Waals surface area contributed by atoms with Crippen LogP contribution in [0.3, 0.4) is 0 Å². The van der Waals surface area contributed by atoms with Crippen molar-refractivity contribution in [3.8, 4) is 5.75 Å². The molecule has 0 saturated heterocycles. The van der Waals surface area contributed by atoms with Gasteiger partial charge < -0.3 is 9.15 Å². The Morgan fingerprint density at radius 1 is 1.24 bits per heavy atom. The van der Waals surface area contributed by atoms with Crippen LogP contribution in [0.4, 0.5) is 5.13 Å². The van der Waals surface area contributed by atoms with Crippen LogP contribution < -0.4 is 10.1 Å². The minimum absolute atomic E-state index is 0.291. The molecule has 2 aromatic carbocycles. The van der Waals surface area contributed by atoms with Crippen LogP contribution >= 0.6 is 11.3 Å². The Balaban J connectivity index is 1.69. The predicted molar refractivity (Wildman–Crippen MR) is 99.8 cm³/mol. The van der Waals surface area contributed by atoms with Crippen molar-refractivity contribution in [2.24, 2.45) is 0 Å². The molecule has 6 heteroatoms. The standard InChI is InChI=1S/C19H16N2O3S/c1-10-5-4-6-15-16(10)20-19(25-15)21-18(22)17-11(2)13-9-12(23-3)7-8-14(13)24-17/h4-9H,1-3H3,(H,20,21,22). The van der Waals surface area contributed by atoms with Crippen LogP contribution in [0, 0.1) is 13.8 Å². The lowest BCUT2D eigenvalue weighted by Gasteiger charge is -1.99. The molecule has 1 N–H and O–H groups in total. The van der Waals surface area contributed by atoms with Gasteiger partial charge in [0.15, 0.2) is 10.9 Å². The molecule has 0 saturated carbocycles. The smallest absolute Gasteiger partial charge is 0.293 e. The molecule has 4 aromatic rings. The largest absolute Gasteiger partial charge is 0.497 e. The summed E-state index contributed by atoms with van der Waals surface area (Å²) in [6.45, 7) is 3.87. The minimum atomic E-state index is -0.302. The lowest BCUT2D eigenvalue weighted by molar-refractivity contribution is 0.0998. The van der Waals surface area contributed by atoms with Crippen LogP contribution in [0.15, 0.2) is 40.8 Å². The number of anilines is 1. The van der Waals surface area contributed by atoms with E-state index in [1.165, 1.54) is 11.3 Å². The number of fused-ring (bicyclic) bond motifs is 2. The fourth-order valence-electron chi connectivity index (χ4n) is 2.84. The quantitative estimate of drug-likeness (QED) is 0.568. The monoisotopic (exact) mass is 352 g/mol. The number of furan rings is 1. The molecule has 0 spiro atoms. The molecule has 2 aromatic heterocycles. The van der Waals surface area contributed by atoms with E-state index in [2.05, 4.69) is 10.3 Å². The van der Waals surface area contributed by atoms with E-state index in [1.54, 1.807) is 13.2 Å². The Labute approximate surface area is 148 Å². The average molecular weight is 352 g/mol. The molecule has 25 heavy (non-hydrogen) atoms. The summed E-state index contributed by atoms with van der Waals surface area (Å²) in [7, 11) is 1.61. The molecule has 0 unspecified atom stereocenters. The van der Waals surface area contributed by atoms with Gasteiger partial charge in [-0.05, 0) is 43.7 Å². The third-order valence-corrected chi connectivity index (χ3v) is 5.13. The number of rotatable bonds is 3. The second-order valence-corrected chi connectivity index (χ2v) is 6.84. The van der Waals surface area contributed by atoms with Crippen molar-refractivity contribution < 1.29 is 13.9 Å². The van der Waals surface area contributed by atoms with Gasteiger partial charge in [-0.25, -0.2) is 4.98 Å². The number of carbonyl (C=O) groups is 1. The highest BCUT2D eigenvalue weighted by atomic mass is 32.1. The van der Waals surface area contributed by atoms with Gasteiger partial charge in [0.25, 0.3) is 5.91 Å². The van der Waals surface area contributed by atoms with Crippen LogP contribution in [0.5, 0.6) is 5.75 Å². The van der Waals surface area contributed by atoms with Crippen LogP contribution in [0.2, 0.25) is 0 Å². The first-order valence-corrected chi connectivity index (χ1v) is 8.63. The summed E-state index contributed by atoms with van der Waals surface area (Å²) in [6.07, 6.45) is 0. The fraction of sp³-hybridized carbons (Fsp3) is 0.158. The molecular weight excluding hydrogens is 336 g/mol. The molecule has 2 heterocycles. The molecule has 0 aliphatic rings. The van der Waals surface area contributed by atoms with Crippen molar-refractivity contribution >= 4 is 43.6 Å². The summed E-state index contributed by atoms with van der Waals surface area (Å²) in [6, 6.07) is 11.5. The fourth-order valence-corrected chi connectivity index (χ4v) is 3.78. The summed E-state index contributed by atoms with van der Waals surface area (Å²) in [4.78, 5) is 17.2. The summed E-state index contributed by atoms with van der Waals surface area (Å²) in [5.41, 5.74) is 3.43. The van der Waals surface area contributed by atoms with E-state index in [9.17, 15) is 4.79 Å². The number of thiazole rings is 1. The van der Waals surface area contributed by atoms with Crippen molar-refractivity contribution in [2.75, 3.05) is 12.4 Å². The maximum atomic E-state index is 12.7. The SMILES string of the molecule is COc1ccc2oc(C(=O)Nc3nc4c(C)cccc4s3)c(C)c2c1. The van der Waals surface area contributed by atoms with Gasteiger partial charge in [0, 0.05) is 10.9 Å². The summed E-state index contributed by atoms with van der Waals surface area (Å²) < 4.78 is 12.0. The third kappa shape index (κ3) is 2.64. The van der Waals surface area contributed by atoms with Gasteiger partial charge >= 0.3 is 0 Å². The van der Waals surface area contributed by atoms with E-state index in [1.807, 2.05) is 44.2 Å². The average Bonchev–Trinajstić information content (AvgIpc) is 3.16. The Morgan fingerprint density at radius 2 is 2.08 bits per heavy atom. The maximum absolute atomic E-state index is 12.7. The summed E-state index contributed by atoms with van der Waals surface area (Å²) in [5.74, 6) is 0.716. The van der Waals surface area contributed by atoms with Crippen LogP contribution in [-0.2, 0) is 0 Å². The molecule has 0 radical (unpaired) electrons. The Hall–Kier alpha value is -2.86. The van der Waals surface area contributed by atoms with E-state index >= 15 is 0 Å². The number of hydrogen-bond acceptors (Lipinski definition) is 5. The molecule has 0 bridgehead atoms. The summed E-state index contributed by atoms with van der Waals surface area (Å²) in [5, 5.41) is 4.28. The van der Waals surface area contributed by atoms with E-state index in [4.69, 9.17) is 9.15 Å². The van der Waals surface area contributed by atoms with Crippen molar-refractivity contribution in [3.63, 3.8) is 0 Å². The third-order valence-electron chi connectivity index (χ3n) is 4.19. The number of nitrogens with one attached hydrogen (secondary N) is 1. The molecule has 126 valence electrons. The van der Waals surface area contributed by atoms with Gasteiger partial charge in [0.05, 0.1) is 17.3 Å². The van der Waals surface area contributed by atoms with Crippen LogP contribution in [0.1, 0.15) is 21.7 Å². The van der Waals surface area contributed by atoms with Crippen LogP contribution in [-0.4, -0.2) is 18.0 Å². The molecule has 0 aliphatic carbocycles. The number of ether oxygens (including phenoxy) is 1. The normalized spacial score (nSPS) is 11.2. The second kappa shape index (κ2) is 5.89. The number of carbonyl (C=O) groups excluding carboxylic acids is 1. The number of aromatic nitrogens is 1. The predicted octanol–water partition coefficient (Wildman–Crippen LogP) is 4.92. The molecule has 5 nitrogen and oxygen atoms in total. The Morgan fingerprint density at radius 3 is 2.84 bits per heavy atom. The van der Waals surface area contributed by atoms with E-state index in [-0.39, 0.29) is 5.91 Å².